The van der Waals surface area contributed by atoms with Crippen LogP contribution in [0.5, 0.6) is 11.5 Å². The number of hydrogen-bond acceptors (Lipinski definition) is 22. The maximum atomic E-state index is 13.4. The molecule has 64 heavy (non-hydrogen) atoms. The molecule has 4 aromatic rings. The molecule has 2 aliphatic carbocycles. The van der Waals surface area contributed by atoms with Crippen LogP contribution < -0.4 is 107 Å². The van der Waals surface area contributed by atoms with Gasteiger partial charge in [0.2, 0.25) is 11.6 Å². The number of carbonyl (C=O) groups excluding carboxylic acids is 2. The SMILES string of the molecule is COc1cc(-c2ccc(N/N=C3/C(=O)c4c(N)cc(S(=O)(=O)[O-])cc4C=C3S(=O)(=O)[O-])c(OC)c2)ccc1N/N=C1/C(=O)c2c(N)cc(S(=O)(=O)[O-])cc2C=C1S(=O)(=O)[O-].[Li+].[Li+].[Li+].[Li+]. The number of ether oxygens (including phenoxy) is 2. The average Bonchev–Trinajstić information content (AvgIpc) is 3.14. The number of benzene rings is 4. The Morgan fingerprint density at radius 1 is 0.516 bits per heavy atom. The quantitative estimate of drug-likeness (QED) is 0.0469. The summed E-state index contributed by atoms with van der Waals surface area (Å²) in [5.41, 5.74) is 13.1. The summed E-state index contributed by atoms with van der Waals surface area (Å²) in [5, 5.41) is 7.69. The van der Waals surface area contributed by atoms with Gasteiger partial charge >= 0.3 is 75.4 Å². The minimum atomic E-state index is -5.43. The molecule has 30 heteroatoms. The predicted molar refractivity (Wildman–Crippen MR) is 209 cm³/mol. The molecular formula is C34H24Li4N6O16S4. The van der Waals surface area contributed by atoms with Gasteiger partial charge in [-0.3, -0.25) is 20.4 Å². The average molecular weight is 929 g/mol. The first-order valence-corrected chi connectivity index (χ1v) is 21.7. The fourth-order valence-corrected chi connectivity index (χ4v) is 8.37. The Kier molecular flexibility index (Phi) is 18.0. The first kappa shape index (κ1) is 56.0. The van der Waals surface area contributed by atoms with Crippen LogP contribution in [0.3, 0.4) is 0 Å². The Balaban J connectivity index is 0.00000352. The van der Waals surface area contributed by atoms with Gasteiger partial charge in [-0.15, -0.1) is 0 Å². The molecule has 0 radical (unpaired) electrons. The summed E-state index contributed by atoms with van der Waals surface area (Å²) >= 11 is 0. The van der Waals surface area contributed by atoms with E-state index in [4.69, 9.17) is 20.9 Å². The molecule has 0 spiro atoms. The van der Waals surface area contributed by atoms with Crippen LogP contribution in [0.1, 0.15) is 31.8 Å². The second kappa shape index (κ2) is 20.6. The van der Waals surface area contributed by atoms with Crippen molar-refractivity contribution < 1.29 is 146 Å². The predicted octanol–water partition coefficient (Wildman–Crippen LogP) is -10.5. The van der Waals surface area contributed by atoms with Gasteiger partial charge in [-0.1, -0.05) is 12.1 Å². The number of carbonyl (C=O) groups is 2. The molecule has 6 rings (SSSR count). The molecule has 0 aliphatic heterocycles. The van der Waals surface area contributed by atoms with E-state index in [0.29, 0.717) is 47.5 Å². The molecule has 4 aromatic carbocycles. The van der Waals surface area contributed by atoms with Crippen LogP contribution >= 0.6 is 0 Å². The van der Waals surface area contributed by atoms with Crippen molar-refractivity contribution in [3.8, 4) is 22.6 Å². The van der Waals surface area contributed by atoms with E-state index in [-0.39, 0.29) is 98.3 Å². The van der Waals surface area contributed by atoms with Gasteiger partial charge in [-0.05, 0) is 82.9 Å². The Morgan fingerprint density at radius 2 is 0.844 bits per heavy atom. The largest absolute Gasteiger partial charge is 1.00 e. The number of hydrazone groups is 2. The third-order valence-corrected chi connectivity index (χ3v) is 12.0. The second-order valence-corrected chi connectivity index (χ2v) is 17.9. The van der Waals surface area contributed by atoms with Crippen molar-refractivity contribution in [2.75, 3.05) is 36.5 Å². The van der Waals surface area contributed by atoms with Crippen molar-refractivity contribution in [2.24, 2.45) is 10.2 Å². The van der Waals surface area contributed by atoms with Gasteiger partial charge < -0.3 is 39.2 Å². The van der Waals surface area contributed by atoms with Crippen molar-refractivity contribution in [1.82, 2.24) is 0 Å². The molecule has 0 amide bonds. The van der Waals surface area contributed by atoms with Crippen molar-refractivity contribution >= 4 is 98.4 Å². The monoisotopic (exact) mass is 928 g/mol. The normalized spacial score (nSPS) is 14.8. The van der Waals surface area contributed by atoms with E-state index in [2.05, 4.69) is 21.1 Å². The minimum absolute atomic E-state index is 0. The standard InChI is InChI=1S/C34H28N6O16S4.4Li/c1-55-25-9-15(3-5-23(25)37-39-31-27(59(49,50)51)11-17-7-19(57(43,44)45)13-21(35)29(17)33(31)41)16-4-6-24(26(10-16)56-2)38-40-32-28(60(52,53)54)12-18-8-20(58(46,47)48)14-22(36)30(18)34(32)42;;;;/h3-14,37-38H,35-36H2,1-2H3,(H,43,44,45)(H,46,47,48)(H,49,50,51)(H,52,53,54);;;;/q;4*+1/p-4/b39-31+,40-32+;;;;. The number of nitrogens with one attached hydrogen (secondary N) is 2. The molecule has 0 fully saturated rings. The Labute approximate surface area is 413 Å². The number of nitrogens with two attached hydrogens (primary N) is 2. The topological polar surface area (TPSA) is 382 Å². The summed E-state index contributed by atoms with van der Waals surface area (Å²) in [6.07, 6.45) is 1.32. The minimum Gasteiger partial charge on any atom is -0.744 e. The number of fused-ring (bicyclic) bond motifs is 2. The number of nitrogen functional groups attached to an aromatic ring is 2. The number of hydrogen-bond donors (Lipinski definition) is 4. The Morgan fingerprint density at radius 3 is 1.12 bits per heavy atom. The van der Waals surface area contributed by atoms with Crippen LogP contribution in [0.25, 0.3) is 23.3 Å². The fraction of sp³-hybridized carbons (Fsp3) is 0.0588. The number of Topliss-reactive ketones (excluding diaryl/α,β-unsaturated/α-hetero) is 2. The van der Waals surface area contributed by atoms with E-state index in [1.54, 1.807) is 0 Å². The molecule has 0 saturated carbocycles. The van der Waals surface area contributed by atoms with E-state index >= 15 is 0 Å². The maximum Gasteiger partial charge on any atom is 1.00 e. The summed E-state index contributed by atoms with van der Waals surface area (Å²) in [4.78, 5) is 22.8. The van der Waals surface area contributed by atoms with Crippen molar-refractivity contribution in [2.45, 2.75) is 9.79 Å². The summed E-state index contributed by atoms with van der Waals surface area (Å²) in [5.74, 6) is -2.25. The number of nitrogens with zero attached hydrogens (tertiary/aromatic N) is 2. The van der Waals surface area contributed by atoms with E-state index < -0.39 is 117 Å². The van der Waals surface area contributed by atoms with E-state index in [1.807, 2.05) is 0 Å². The fourth-order valence-electron chi connectivity index (χ4n) is 5.99. The summed E-state index contributed by atoms with van der Waals surface area (Å²) < 4.78 is 153. The summed E-state index contributed by atoms with van der Waals surface area (Å²) in [7, 11) is -18.5. The number of ketones is 2. The number of rotatable bonds is 11. The van der Waals surface area contributed by atoms with Gasteiger partial charge in [0.05, 0.1) is 56.3 Å². The summed E-state index contributed by atoms with van der Waals surface area (Å²) in [6.45, 7) is 0. The molecule has 0 aromatic heterocycles. The van der Waals surface area contributed by atoms with E-state index in [9.17, 15) is 61.5 Å². The van der Waals surface area contributed by atoms with Gasteiger partial charge in [-0.2, -0.15) is 10.2 Å². The molecule has 22 nitrogen and oxygen atoms in total. The van der Waals surface area contributed by atoms with Crippen LogP contribution in [0.2, 0.25) is 0 Å². The van der Waals surface area contributed by atoms with Gasteiger partial charge in [0.1, 0.15) is 63.4 Å². The zero-order valence-corrected chi connectivity index (χ0v) is 37.4. The zero-order chi connectivity index (χ0) is 44.3. The Hall–Kier alpha value is -4.13. The molecule has 2 aliphatic rings. The zero-order valence-electron chi connectivity index (χ0n) is 34.1. The molecular weight excluding hydrogens is 904 g/mol. The third kappa shape index (κ3) is 11.4. The third-order valence-electron chi connectivity index (χ3n) is 8.70. The van der Waals surface area contributed by atoms with Gasteiger partial charge in [-0.25, -0.2) is 33.7 Å². The molecule has 0 atom stereocenters. The Bertz CT molecular complexity index is 2990. The number of anilines is 4. The molecule has 0 bridgehead atoms. The molecule has 0 unspecified atom stereocenters. The first-order valence-electron chi connectivity index (χ1n) is 16.1. The number of methoxy groups -OCH3 is 2. The molecule has 0 saturated heterocycles. The van der Waals surface area contributed by atoms with Crippen molar-refractivity contribution in [3.63, 3.8) is 0 Å². The molecule has 314 valence electrons. The van der Waals surface area contributed by atoms with Crippen LogP contribution in [-0.4, -0.2) is 89.1 Å². The molecule has 0 heterocycles. The van der Waals surface area contributed by atoms with Crippen LogP contribution in [-0.2, 0) is 40.5 Å². The maximum absolute atomic E-state index is 13.4. The van der Waals surface area contributed by atoms with Crippen LogP contribution in [0.4, 0.5) is 22.7 Å². The van der Waals surface area contributed by atoms with Gasteiger partial charge in [0.25, 0.3) is 0 Å². The number of allylic oxidation sites excluding steroid dienone is 2. The molecule has 6 N–H and O–H groups in total. The van der Waals surface area contributed by atoms with Crippen LogP contribution in [0, 0.1) is 0 Å². The van der Waals surface area contributed by atoms with Crippen LogP contribution in [0.15, 0.2) is 90.5 Å². The van der Waals surface area contributed by atoms with Crippen molar-refractivity contribution in [3.05, 3.63) is 92.7 Å². The van der Waals surface area contributed by atoms with Gasteiger partial charge in [0, 0.05) is 11.4 Å². The van der Waals surface area contributed by atoms with Crippen molar-refractivity contribution in [1.29, 1.82) is 0 Å². The van der Waals surface area contributed by atoms with E-state index in [1.165, 1.54) is 50.6 Å². The first-order chi connectivity index (χ1) is 27.8. The summed E-state index contributed by atoms with van der Waals surface area (Å²) in [6, 6.07) is 11.5. The van der Waals surface area contributed by atoms with E-state index in [0.717, 1.165) is 0 Å². The smallest absolute Gasteiger partial charge is 0.744 e. The van der Waals surface area contributed by atoms with Gasteiger partial charge in [0.15, 0.2) is 0 Å². The second-order valence-electron chi connectivity index (χ2n) is 12.4.